The molecule has 0 radical (unpaired) electrons. The Morgan fingerprint density at radius 3 is 2.73 bits per heavy atom. The fourth-order valence-corrected chi connectivity index (χ4v) is 1.86. The van der Waals surface area contributed by atoms with Crippen molar-refractivity contribution in [2.24, 2.45) is 11.8 Å². The quantitative estimate of drug-likeness (QED) is 0.397. The van der Waals surface area contributed by atoms with Crippen LogP contribution in [0.2, 0.25) is 0 Å². The van der Waals surface area contributed by atoms with E-state index in [-0.39, 0.29) is 24.3 Å². The second-order valence-corrected chi connectivity index (χ2v) is 4.01. The number of hydrogen-bond donors (Lipinski definition) is 0. The minimum absolute atomic E-state index is 0.201. The molecule has 0 N–H and O–H groups in total. The molecule has 0 spiro atoms. The lowest BCUT2D eigenvalue weighted by molar-refractivity contribution is -0.153. The second kappa shape index (κ2) is 5.69. The SMILES string of the molecule is C/C=C/CC(CC)CC1CC(=O)OC1=O. The molecule has 3 nitrogen and oxygen atoms in total. The van der Waals surface area contributed by atoms with Gasteiger partial charge in [-0.3, -0.25) is 9.59 Å². The van der Waals surface area contributed by atoms with Crippen LogP contribution in [0.1, 0.15) is 39.5 Å². The monoisotopic (exact) mass is 210 g/mol. The lowest BCUT2D eigenvalue weighted by Crippen LogP contribution is -2.12. The molecule has 3 heteroatoms. The molecule has 1 heterocycles. The van der Waals surface area contributed by atoms with Gasteiger partial charge in [0.2, 0.25) is 0 Å². The van der Waals surface area contributed by atoms with Gasteiger partial charge in [-0.15, -0.1) is 0 Å². The van der Waals surface area contributed by atoms with E-state index in [1.165, 1.54) is 0 Å². The largest absolute Gasteiger partial charge is 0.393 e. The summed E-state index contributed by atoms with van der Waals surface area (Å²) in [6, 6.07) is 0. The van der Waals surface area contributed by atoms with Crippen molar-refractivity contribution in [3.63, 3.8) is 0 Å². The van der Waals surface area contributed by atoms with Gasteiger partial charge >= 0.3 is 11.9 Å². The minimum atomic E-state index is -0.370. The molecule has 1 aliphatic heterocycles. The predicted octanol–water partition coefficient (Wildman–Crippen LogP) is 2.46. The van der Waals surface area contributed by atoms with E-state index < -0.39 is 0 Å². The van der Waals surface area contributed by atoms with Crippen LogP contribution in [0.25, 0.3) is 0 Å². The van der Waals surface area contributed by atoms with Crippen molar-refractivity contribution in [2.75, 3.05) is 0 Å². The summed E-state index contributed by atoms with van der Waals surface area (Å²) in [7, 11) is 0. The molecule has 84 valence electrons. The van der Waals surface area contributed by atoms with E-state index in [1.807, 2.05) is 13.0 Å². The summed E-state index contributed by atoms with van der Waals surface area (Å²) in [5.41, 5.74) is 0. The molecule has 1 rings (SSSR count). The Kier molecular flexibility index (Phi) is 4.53. The van der Waals surface area contributed by atoms with Crippen LogP contribution >= 0.6 is 0 Å². The van der Waals surface area contributed by atoms with Crippen LogP contribution in [-0.2, 0) is 14.3 Å². The molecule has 1 fully saturated rings. The molecule has 0 aliphatic carbocycles. The van der Waals surface area contributed by atoms with E-state index in [0.29, 0.717) is 5.92 Å². The van der Waals surface area contributed by atoms with Crippen molar-refractivity contribution < 1.29 is 14.3 Å². The molecule has 0 bridgehead atoms. The molecule has 2 unspecified atom stereocenters. The van der Waals surface area contributed by atoms with Crippen LogP contribution < -0.4 is 0 Å². The summed E-state index contributed by atoms with van der Waals surface area (Å²) in [5, 5.41) is 0. The van der Waals surface area contributed by atoms with Gasteiger partial charge in [-0.25, -0.2) is 0 Å². The molecule has 15 heavy (non-hydrogen) atoms. The lowest BCUT2D eigenvalue weighted by Gasteiger charge is -2.14. The molecule has 0 aromatic carbocycles. The lowest BCUT2D eigenvalue weighted by atomic mass is 9.89. The highest BCUT2D eigenvalue weighted by Gasteiger charge is 2.34. The Morgan fingerprint density at radius 2 is 2.27 bits per heavy atom. The Hall–Kier alpha value is -1.12. The molecule has 0 saturated carbocycles. The van der Waals surface area contributed by atoms with Crippen LogP contribution in [0.3, 0.4) is 0 Å². The number of ether oxygens (including phenoxy) is 1. The average molecular weight is 210 g/mol. The number of cyclic esters (lactones) is 2. The number of carbonyl (C=O) groups excluding carboxylic acids is 2. The molecular formula is C12H18O3. The van der Waals surface area contributed by atoms with Gasteiger partial charge < -0.3 is 4.74 Å². The van der Waals surface area contributed by atoms with Crippen LogP contribution in [0, 0.1) is 11.8 Å². The smallest absolute Gasteiger partial charge is 0.317 e. The van der Waals surface area contributed by atoms with Gasteiger partial charge in [-0.1, -0.05) is 25.5 Å². The number of rotatable bonds is 5. The van der Waals surface area contributed by atoms with Crippen molar-refractivity contribution in [3.8, 4) is 0 Å². The van der Waals surface area contributed by atoms with Crippen LogP contribution in [-0.4, -0.2) is 11.9 Å². The molecule has 2 atom stereocenters. The number of carbonyl (C=O) groups is 2. The van der Waals surface area contributed by atoms with Crippen molar-refractivity contribution in [1.82, 2.24) is 0 Å². The maximum Gasteiger partial charge on any atom is 0.317 e. The van der Waals surface area contributed by atoms with E-state index in [1.54, 1.807) is 0 Å². The third-order valence-electron chi connectivity index (χ3n) is 2.86. The molecule has 0 aromatic heterocycles. The molecule has 1 saturated heterocycles. The zero-order valence-corrected chi connectivity index (χ0v) is 9.36. The van der Waals surface area contributed by atoms with Crippen LogP contribution in [0.4, 0.5) is 0 Å². The van der Waals surface area contributed by atoms with Crippen molar-refractivity contribution >= 4 is 11.9 Å². The average Bonchev–Trinajstić information content (AvgIpc) is 2.52. The number of esters is 2. The van der Waals surface area contributed by atoms with Gasteiger partial charge in [0.1, 0.15) is 0 Å². The van der Waals surface area contributed by atoms with Gasteiger partial charge in [0.05, 0.1) is 12.3 Å². The van der Waals surface area contributed by atoms with Crippen molar-refractivity contribution in [3.05, 3.63) is 12.2 Å². The molecule has 1 aliphatic rings. The van der Waals surface area contributed by atoms with E-state index in [9.17, 15) is 9.59 Å². The maximum atomic E-state index is 11.2. The summed E-state index contributed by atoms with van der Waals surface area (Å²) < 4.78 is 4.53. The molecule has 0 amide bonds. The fourth-order valence-electron chi connectivity index (χ4n) is 1.86. The fraction of sp³-hybridized carbons (Fsp3) is 0.667. The Bertz CT molecular complexity index is 268. The van der Waals surface area contributed by atoms with Crippen molar-refractivity contribution in [1.29, 1.82) is 0 Å². The van der Waals surface area contributed by atoms with Gasteiger partial charge in [0, 0.05) is 0 Å². The normalized spacial score (nSPS) is 23.5. The Labute approximate surface area is 90.5 Å². The van der Waals surface area contributed by atoms with Gasteiger partial charge in [-0.2, -0.15) is 0 Å². The van der Waals surface area contributed by atoms with Crippen LogP contribution in [0.5, 0.6) is 0 Å². The number of hydrogen-bond acceptors (Lipinski definition) is 3. The van der Waals surface area contributed by atoms with E-state index in [2.05, 4.69) is 17.7 Å². The molecular weight excluding hydrogens is 192 g/mol. The third kappa shape index (κ3) is 3.50. The first-order valence-corrected chi connectivity index (χ1v) is 5.53. The Morgan fingerprint density at radius 1 is 1.53 bits per heavy atom. The van der Waals surface area contributed by atoms with Gasteiger partial charge in [0.25, 0.3) is 0 Å². The van der Waals surface area contributed by atoms with Gasteiger partial charge in [-0.05, 0) is 25.7 Å². The molecule has 0 aromatic rings. The zero-order chi connectivity index (χ0) is 11.3. The highest BCUT2D eigenvalue weighted by Crippen LogP contribution is 2.27. The maximum absolute atomic E-state index is 11.2. The third-order valence-corrected chi connectivity index (χ3v) is 2.86. The van der Waals surface area contributed by atoms with E-state index >= 15 is 0 Å². The van der Waals surface area contributed by atoms with Crippen LogP contribution in [0.15, 0.2) is 12.2 Å². The second-order valence-electron chi connectivity index (χ2n) is 4.01. The summed E-state index contributed by atoms with van der Waals surface area (Å²) in [5.74, 6) is -0.429. The summed E-state index contributed by atoms with van der Waals surface area (Å²) in [6.07, 6.45) is 7.17. The van der Waals surface area contributed by atoms with Gasteiger partial charge in [0.15, 0.2) is 0 Å². The predicted molar refractivity (Wildman–Crippen MR) is 57.0 cm³/mol. The topological polar surface area (TPSA) is 43.4 Å². The van der Waals surface area contributed by atoms with E-state index in [4.69, 9.17) is 0 Å². The summed E-state index contributed by atoms with van der Waals surface area (Å²) in [4.78, 5) is 22.1. The van der Waals surface area contributed by atoms with Crippen molar-refractivity contribution in [2.45, 2.75) is 39.5 Å². The number of allylic oxidation sites excluding steroid dienone is 2. The first kappa shape index (κ1) is 12.0. The summed E-state index contributed by atoms with van der Waals surface area (Å²) >= 11 is 0. The van der Waals surface area contributed by atoms with E-state index in [0.717, 1.165) is 19.3 Å². The minimum Gasteiger partial charge on any atom is -0.393 e. The first-order valence-electron chi connectivity index (χ1n) is 5.53. The zero-order valence-electron chi connectivity index (χ0n) is 9.36. The Balaban J connectivity index is 2.44. The first-order chi connectivity index (χ1) is 7.17. The highest BCUT2D eigenvalue weighted by molar-refractivity contribution is 5.94. The summed E-state index contributed by atoms with van der Waals surface area (Å²) in [6.45, 7) is 4.09. The highest BCUT2D eigenvalue weighted by atomic mass is 16.6. The standard InChI is InChI=1S/C12H18O3/c1-3-5-6-9(4-2)7-10-8-11(13)15-12(10)14/h3,5,9-10H,4,6-8H2,1-2H3/b5-3+.